The Kier molecular flexibility index (Phi) is 2.26. The minimum atomic E-state index is 0.338. The molecule has 0 amide bonds. The normalized spacial score (nSPS) is 27.8. The third-order valence-corrected chi connectivity index (χ3v) is 3.28. The number of hydrogen-bond acceptors (Lipinski definition) is 4. The molecule has 2 bridgehead atoms. The van der Waals surface area contributed by atoms with Crippen molar-refractivity contribution in [3.63, 3.8) is 0 Å². The van der Waals surface area contributed by atoms with Crippen molar-refractivity contribution >= 4 is 5.69 Å². The average Bonchev–Trinajstić information content (AvgIpc) is 2.68. The SMILES string of the molecule is N#Cc1ncccc1N1CC2CCC(C1)O2. The molecule has 2 atom stereocenters. The van der Waals surface area contributed by atoms with E-state index in [9.17, 15) is 0 Å². The molecule has 1 aromatic heterocycles. The molecular weight excluding hydrogens is 202 g/mol. The van der Waals surface area contributed by atoms with Crippen LogP contribution >= 0.6 is 0 Å². The van der Waals surface area contributed by atoms with Crippen LogP contribution in [0.5, 0.6) is 0 Å². The van der Waals surface area contributed by atoms with E-state index in [0.717, 1.165) is 31.6 Å². The summed E-state index contributed by atoms with van der Waals surface area (Å²) in [6, 6.07) is 6.00. The van der Waals surface area contributed by atoms with E-state index in [1.54, 1.807) is 6.20 Å². The van der Waals surface area contributed by atoms with Gasteiger partial charge in [0, 0.05) is 19.3 Å². The molecule has 0 spiro atoms. The number of hydrogen-bond donors (Lipinski definition) is 0. The number of ether oxygens (including phenoxy) is 1. The molecule has 0 aromatic carbocycles. The summed E-state index contributed by atoms with van der Waals surface area (Å²) < 4.78 is 5.78. The zero-order chi connectivity index (χ0) is 11.0. The Morgan fingerprint density at radius 2 is 2.12 bits per heavy atom. The van der Waals surface area contributed by atoms with Gasteiger partial charge in [0.05, 0.1) is 17.9 Å². The second-order valence-corrected chi connectivity index (χ2v) is 4.35. The molecule has 4 nitrogen and oxygen atoms in total. The standard InChI is InChI=1S/C12H13N3O/c13-6-11-12(2-1-5-14-11)15-7-9-3-4-10(8-15)16-9/h1-2,5,9-10H,3-4,7-8H2. The highest BCUT2D eigenvalue weighted by Crippen LogP contribution is 2.30. The summed E-state index contributed by atoms with van der Waals surface area (Å²) in [5.41, 5.74) is 1.47. The molecular formula is C12H13N3O. The molecule has 2 fully saturated rings. The number of nitriles is 1. The summed E-state index contributed by atoms with van der Waals surface area (Å²) in [5, 5.41) is 9.03. The molecule has 3 rings (SSSR count). The maximum absolute atomic E-state index is 9.03. The largest absolute Gasteiger partial charge is 0.371 e. The zero-order valence-corrected chi connectivity index (χ0v) is 8.97. The van der Waals surface area contributed by atoms with Gasteiger partial charge in [-0.25, -0.2) is 4.98 Å². The van der Waals surface area contributed by atoms with E-state index in [1.165, 1.54) is 0 Å². The molecule has 2 aliphatic heterocycles. The van der Waals surface area contributed by atoms with Gasteiger partial charge in [-0.2, -0.15) is 5.26 Å². The fourth-order valence-electron chi connectivity index (χ4n) is 2.55. The van der Waals surface area contributed by atoms with Gasteiger partial charge in [-0.15, -0.1) is 0 Å². The van der Waals surface area contributed by atoms with Crippen LogP contribution < -0.4 is 4.90 Å². The molecule has 82 valence electrons. The van der Waals surface area contributed by atoms with Gasteiger partial charge in [-0.3, -0.25) is 0 Å². The summed E-state index contributed by atoms with van der Waals surface area (Å²) in [6.07, 6.45) is 4.63. The lowest BCUT2D eigenvalue weighted by Gasteiger charge is -2.33. The predicted octanol–water partition coefficient (Wildman–Crippen LogP) is 1.32. The van der Waals surface area contributed by atoms with Crippen LogP contribution in [-0.2, 0) is 4.74 Å². The van der Waals surface area contributed by atoms with Crippen LogP contribution in [-0.4, -0.2) is 30.3 Å². The van der Waals surface area contributed by atoms with Crippen LogP contribution in [0.4, 0.5) is 5.69 Å². The van der Waals surface area contributed by atoms with E-state index in [2.05, 4.69) is 16.0 Å². The number of nitrogens with zero attached hydrogens (tertiary/aromatic N) is 3. The van der Waals surface area contributed by atoms with Gasteiger partial charge in [-0.1, -0.05) is 0 Å². The molecule has 0 N–H and O–H groups in total. The molecule has 16 heavy (non-hydrogen) atoms. The topological polar surface area (TPSA) is 49.2 Å². The van der Waals surface area contributed by atoms with Gasteiger partial charge in [0.2, 0.25) is 0 Å². The second-order valence-electron chi connectivity index (χ2n) is 4.35. The Bertz CT molecular complexity index is 428. The lowest BCUT2D eigenvalue weighted by Crippen LogP contribution is -2.43. The highest BCUT2D eigenvalue weighted by molar-refractivity contribution is 5.56. The van der Waals surface area contributed by atoms with Crippen molar-refractivity contribution in [2.45, 2.75) is 25.0 Å². The van der Waals surface area contributed by atoms with Gasteiger partial charge >= 0.3 is 0 Å². The minimum absolute atomic E-state index is 0.338. The van der Waals surface area contributed by atoms with E-state index >= 15 is 0 Å². The first-order chi connectivity index (χ1) is 7.86. The van der Waals surface area contributed by atoms with E-state index in [0.29, 0.717) is 17.9 Å². The Labute approximate surface area is 94.5 Å². The molecule has 0 saturated carbocycles. The highest BCUT2D eigenvalue weighted by atomic mass is 16.5. The van der Waals surface area contributed by atoms with Crippen molar-refractivity contribution in [2.24, 2.45) is 0 Å². The van der Waals surface area contributed by atoms with Crippen molar-refractivity contribution < 1.29 is 4.74 Å². The van der Waals surface area contributed by atoms with Crippen molar-refractivity contribution in [3.8, 4) is 6.07 Å². The van der Waals surface area contributed by atoms with Gasteiger partial charge < -0.3 is 9.64 Å². The van der Waals surface area contributed by atoms with Crippen LogP contribution in [0.15, 0.2) is 18.3 Å². The minimum Gasteiger partial charge on any atom is -0.371 e. The maximum atomic E-state index is 9.03. The van der Waals surface area contributed by atoms with E-state index in [4.69, 9.17) is 10.00 Å². The monoisotopic (exact) mass is 215 g/mol. The van der Waals surface area contributed by atoms with Gasteiger partial charge in [0.1, 0.15) is 6.07 Å². The Morgan fingerprint density at radius 1 is 1.38 bits per heavy atom. The zero-order valence-electron chi connectivity index (χ0n) is 8.97. The lowest BCUT2D eigenvalue weighted by atomic mass is 10.2. The molecule has 2 saturated heterocycles. The van der Waals surface area contributed by atoms with Gasteiger partial charge in [0.25, 0.3) is 0 Å². The number of pyridine rings is 1. The van der Waals surface area contributed by atoms with Gasteiger partial charge in [0.15, 0.2) is 5.69 Å². The summed E-state index contributed by atoms with van der Waals surface area (Å²) in [7, 11) is 0. The Morgan fingerprint density at radius 3 is 2.81 bits per heavy atom. The Hall–Kier alpha value is -1.60. The lowest BCUT2D eigenvalue weighted by molar-refractivity contribution is 0.0304. The third kappa shape index (κ3) is 1.54. The summed E-state index contributed by atoms with van der Waals surface area (Å²) in [5.74, 6) is 0. The van der Waals surface area contributed by atoms with Crippen LogP contribution in [0.1, 0.15) is 18.5 Å². The van der Waals surface area contributed by atoms with Crippen LogP contribution in [0.25, 0.3) is 0 Å². The third-order valence-electron chi connectivity index (χ3n) is 3.28. The molecule has 0 aliphatic carbocycles. The molecule has 3 heterocycles. The van der Waals surface area contributed by atoms with E-state index in [1.807, 2.05) is 12.1 Å². The molecule has 2 unspecified atom stereocenters. The summed E-state index contributed by atoms with van der Waals surface area (Å²) >= 11 is 0. The van der Waals surface area contributed by atoms with Crippen molar-refractivity contribution in [2.75, 3.05) is 18.0 Å². The molecule has 4 heteroatoms. The molecule has 1 aromatic rings. The van der Waals surface area contributed by atoms with Gasteiger partial charge in [-0.05, 0) is 25.0 Å². The number of fused-ring (bicyclic) bond motifs is 2. The fourth-order valence-corrected chi connectivity index (χ4v) is 2.55. The summed E-state index contributed by atoms with van der Waals surface area (Å²) in [6.45, 7) is 1.77. The summed E-state index contributed by atoms with van der Waals surface area (Å²) in [4.78, 5) is 6.33. The fraction of sp³-hybridized carbons (Fsp3) is 0.500. The molecule has 2 aliphatic rings. The average molecular weight is 215 g/mol. The number of morpholine rings is 1. The van der Waals surface area contributed by atoms with Crippen LogP contribution in [0.2, 0.25) is 0 Å². The molecule has 0 radical (unpaired) electrons. The van der Waals surface area contributed by atoms with Crippen molar-refractivity contribution in [1.82, 2.24) is 4.98 Å². The van der Waals surface area contributed by atoms with E-state index < -0.39 is 0 Å². The first kappa shape index (κ1) is 9.61. The smallest absolute Gasteiger partial charge is 0.163 e. The number of aromatic nitrogens is 1. The predicted molar refractivity (Wildman–Crippen MR) is 59.1 cm³/mol. The van der Waals surface area contributed by atoms with E-state index in [-0.39, 0.29) is 0 Å². The van der Waals surface area contributed by atoms with Crippen molar-refractivity contribution in [1.29, 1.82) is 5.26 Å². The maximum Gasteiger partial charge on any atom is 0.163 e. The van der Waals surface area contributed by atoms with Crippen LogP contribution in [0, 0.1) is 11.3 Å². The quantitative estimate of drug-likeness (QED) is 0.709. The number of rotatable bonds is 1. The first-order valence-electron chi connectivity index (χ1n) is 5.62. The van der Waals surface area contributed by atoms with Crippen molar-refractivity contribution in [3.05, 3.63) is 24.0 Å². The second kappa shape index (κ2) is 3.76. The highest BCUT2D eigenvalue weighted by Gasteiger charge is 2.34. The number of anilines is 1. The van der Waals surface area contributed by atoms with Crippen LogP contribution in [0.3, 0.4) is 0 Å². The first-order valence-corrected chi connectivity index (χ1v) is 5.62. The Balaban J connectivity index is 1.90.